The van der Waals surface area contributed by atoms with E-state index < -0.39 is 35.2 Å². The number of hydrogen-bond donors (Lipinski definition) is 3. The Labute approximate surface area is 206 Å². The fourth-order valence-corrected chi connectivity index (χ4v) is 3.65. The number of aromatic amines is 1. The van der Waals surface area contributed by atoms with Gasteiger partial charge in [0.2, 0.25) is 11.8 Å². The number of aryl methyl sites for hydroxylation is 1. The van der Waals surface area contributed by atoms with Gasteiger partial charge in [0.15, 0.2) is 0 Å². The van der Waals surface area contributed by atoms with Crippen LogP contribution in [0.3, 0.4) is 0 Å². The van der Waals surface area contributed by atoms with E-state index in [2.05, 4.69) is 10.3 Å². The molecule has 0 unspecified atom stereocenters. The van der Waals surface area contributed by atoms with Crippen molar-refractivity contribution in [2.75, 3.05) is 6.54 Å². The van der Waals surface area contributed by atoms with Crippen LogP contribution >= 0.6 is 0 Å². The van der Waals surface area contributed by atoms with E-state index in [9.17, 15) is 40.3 Å². The van der Waals surface area contributed by atoms with Crippen LogP contribution in [0.1, 0.15) is 36.0 Å². The van der Waals surface area contributed by atoms with Crippen LogP contribution in [0.15, 0.2) is 48.5 Å². The largest absolute Gasteiger partial charge is 0.416 e. The van der Waals surface area contributed by atoms with Crippen molar-refractivity contribution in [3.63, 3.8) is 0 Å². The van der Waals surface area contributed by atoms with Crippen LogP contribution in [0.2, 0.25) is 0 Å². The van der Waals surface area contributed by atoms with Crippen molar-refractivity contribution in [2.45, 2.75) is 38.0 Å². The Balaban J connectivity index is 0.000000555. The molecule has 1 aromatic heterocycles. The first-order chi connectivity index (χ1) is 17.3. The van der Waals surface area contributed by atoms with Crippen molar-refractivity contribution in [3.05, 3.63) is 71.0 Å². The van der Waals surface area contributed by atoms with Gasteiger partial charge in [-0.05, 0) is 60.4 Å². The third kappa shape index (κ3) is 7.34. The number of rotatable bonds is 5. The molecule has 12 heteroatoms. The van der Waals surface area contributed by atoms with E-state index in [0.29, 0.717) is 22.9 Å². The predicted octanol–water partition coefficient (Wildman–Crippen LogP) is 5.84. The molecule has 2 aromatic carbocycles. The number of primary amides is 1. The quantitative estimate of drug-likeness (QED) is 0.363. The zero-order chi connectivity index (χ0) is 27.4. The van der Waals surface area contributed by atoms with Crippen LogP contribution in [-0.2, 0) is 28.4 Å². The second-order valence-corrected chi connectivity index (χ2v) is 8.27. The number of hydrogen-bond acceptors (Lipinski definition) is 2. The summed E-state index contributed by atoms with van der Waals surface area (Å²) < 4.78 is 91.3. The molecule has 1 aliphatic heterocycles. The Hall–Kier alpha value is -3.83. The second-order valence-electron chi connectivity index (χ2n) is 8.27. The molecule has 198 valence electrons. The van der Waals surface area contributed by atoms with E-state index >= 15 is 0 Å². The van der Waals surface area contributed by atoms with Gasteiger partial charge in [0, 0.05) is 30.6 Å². The second kappa shape index (κ2) is 11.1. The Kier molecular flexibility index (Phi) is 8.29. The monoisotopic (exact) mass is 529 g/mol. The summed E-state index contributed by atoms with van der Waals surface area (Å²) in [5.74, 6) is -1.58. The highest BCUT2D eigenvalue weighted by Gasteiger charge is 2.32. The normalized spacial score (nSPS) is 13.6. The highest BCUT2D eigenvalue weighted by molar-refractivity contribution is 5.77. The molecule has 0 spiro atoms. The Bertz CT molecular complexity index is 1250. The van der Waals surface area contributed by atoms with Crippen molar-refractivity contribution in [2.24, 2.45) is 5.73 Å². The Morgan fingerprint density at radius 3 is 2.00 bits per heavy atom. The molecule has 1 fully saturated rings. The molecule has 0 bridgehead atoms. The number of carbonyl (C=O) groups is 2. The van der Waals surface area contributed by atoms with Crippen molar-refractivity contribution >= 4 is 11.8 Å². The third-order valence-electron chi connectivity index (χ3n) is 5.53. The molecule has 0 atom stereocenters. The number of nitrogens with two attached hydrogens (primary N) is 1. The van der Waals surface area contributed by atoms with Crippen molar-refractivity contribution in [1.82, 2.24) is 10.3 Å². The summed E-state index contributed by atoms with van der Waals surface area (Å²) in [7, 11) is 0. The summed E-state index contributed by atoms with van der Waals surface area (Å²) in [4.78, 5) is 24.1. The number of amides is 2. The van der Waals surface area contributed by atoms with Crippen LogP contribution < -0.4 is 11.1 Å². The van der Waals surface area contributed by atoms with Gasteiger partial charge in [-0.25, -0.2) is 4.39 Å². The van der Waals surface area contributed by atoms with Crippen molar-refractivity contribution < 1.29 is 40.3 Å². The van der Waals surface area contributed by atoms with Gasteiger partial charge in [-0.1, -0.05) is 12.1 Å². The van der Waals surface area contributed by atoms with Crippen molar-refractivity contribution in [1.29, 1.82) is 0 Å². The number of aromatic nitrogens is 1. The average molecular weight is 529 g/mol. The lowest BCUT2D eigenvalue weighted by molar-refractivity contribution is -0.138. The van der Waals surface area contributed by atoms with E-state index in [1.165, 1.54) is 18.2 Å². The van der Waals surface area contributed by atoms with E-state index in [1.807, 2.05) is 0 Å². The molecule has 0 aliphatic carbocycles. The molecular formula is C25H22F7N3O2. The molecule has 0 radical (unpaired) electrons. The fraction of sp³-hybridized carbons (Fsp3) is 0.280. The first kappa shape index (κ1) is 27.8. The van der Waals surface area contributed by atoms with Crippen LogP contribution in [-0.4, -0.2) is 23.3 Å². The van der Waals surface area contributed by atoms with E-state index in [4.69, 9.17) is 5.73 Å². The average Bonchev–Trinajstić information content (AvgIpc) is 3.46. The fourth-order valence-electron chi connectivity index (χ4n) is 3.65. The molecule has 5 nitrogen and oxygen atoms in total. The van der Waals surface area contributed by atoms with Gasteiger partial charge < -0.3 is 16.0 Å². The zero-order valence-electron chi connectivity index (χ0n) is 19.2. The van der Waals surface area contributed by atoms with Gasteiger partial charge in [0.25, 0.3) is 0 Å². The van der Waals surface area contributed by atoms with E-state index in [0.717, 1.165) is 43.7 Å². The Morgan fingerprint density at radius 1 is 0.919 bits per heavy atom. The van der Waals surface area contributed by atoms with Gasteiger partial charge in [0.05, 0.1) is 16.8 Å². The number of benzene rings is 2. The van der Waals surface area contributed by atoms with Gasteiger partial charge in [-0.2, -0.15) is 26.3 Å². The number of halogens is 7. The zero-order valence-corrected chi connectivity index (χ0v) is 19.2. The minimum absolute atomic E-state index is 0.0578. The maximum atomic E-state index is 14.5. The number of H-pyrrole nitrogens is 1. The van der Waals surface area contributed by atoms with E-state index in [-0.39, 0.29) is 30.0 Å². The van der Waals surface area contributed by atoms with Crippen molar-refractivity contribution in [3.8, 4) is 22.5 Å². The van der Waals surface area contributed by atoms with Crippen LogP contribution in [0.25, 0.3) is 22.5 Å². The molecule has 4 N–H and O–H groups in total. The minimum atomic E-state index is -4.73. The van der Waals surface area contributed by atoms with Crippen LogP contribution in [0.4, 0.5) is 30.7 Å². The lowest BCUT2D eigenvalue weighted by atomic mass is 10.0. The maximum absolute atomic E-state index is 14.5. The SMILES string of the molecule is NC(=O)CCc1cc(-c2ccc(C(F)(F)F)cc2)[nH]c1-c1ccc(C(F)(F)F)cc1F.O=C1CCCN1. The first-order valence-corrected chi connectivity index (χ1v) is 11.1. The number of alkyl halides is 6. The van der Waals surface area contributed by atoms with Gasteiger partial charge in [-0.15, -0.1) is 0 Å². The molecular weight excluding hydrogens is 507 g/mol. The van der Waals surface area contributed by atoms with Gasteiger partial charge in [0.1, 0.15) is 5.82 Å². The summed E-state index contributed by atoms with van der Waals surface area (Å²) in [6.07, 6.45) is -7.54. The Morgan fingerprint density at radius 2 is 1.54 bits per heavy atom. The lowest BCUT2D eigenvalue weighted by Gasteiger charge is -2.10. The molecule has 2 heterocycles. The maximum Gasteiger partial charge on any atom is 0.416 e. The topological polar surface area (TPSA) is 88.0 Å². The van der Waals surface area contributed by atoms with E-state index in [1.54, 1.807) is 0 Å². The summed E-state index contributed by atoms with van der Waals surface area (Å²) >= 11 is 0. The summed E-state index contributed by atoms with van der Waals surface area (Å²) in [6, 6.07) is 7.68. The number of nitrogens with one attached hydrogen (secondary N) is 2. The lowest BCUT2D eigenvalue weighted by Crippen LogP contribution is -2.12. The standard InChI is InChI=1S/C21H15F7N2O.C4H7NO/c22-16-10-14(21(26,27)28)6-7-15(16)19-12(3-8-18(29)31)9-17(30-19)11-1-4-13(5-2-11)20(23,24)25;6-4-2-1-3-5-4/h1-2,4-7,9-10,30H,3,8H2,(H2,29,31);1-3H2,(H,5,6). The summed E-state index contributed by atoms with van der Waals surface area (Å²) in [5.41, 5.74) is 4.09. The highest BCUT2D eigenvalue weighted by atomic mass is 19.4. The summed E-state index contributed by atoms with van der Waals surface area (Å²) in [6.45, 7) is 0.888. The summed E-state index contributed by atoms with van der Waals surface area (Å²) in [5, 5.41) is 2.68. The predicted molar refractivity (Wildman–Crippen MR) is 121 cm³/mol. The molecule has 0 saturated carbocycles. The smallest absolute Gasteiger partial charge is 0.370 e. The van der Waals surface area contributed by atoms with Gasteiger partial charge in [-0.3, -0.25) is 9.59 Å². The van der Waals surface area contributed by atoms with Crippen LogP contribution in [0, 0.1) is 5.82 Å². The molecule has 3 aromatic rings. The number of carbonyl (C=O) groups excluding carboxylic acids is 2. The highest BCUT2D eigenvalue weighted by Crippen LogP contribution is 2.36. The molecule has 1 aliphatic rings. The van der Waals surface area contributed by atoms with Crippen LogP contribution in [0.5, 0.6) is 0 Å². The molecule has 1 saturated heterocycles. The third-order valence-corrected chi connectivity index (χ3v) is 5.53. The minimum Gasteiger partial charge on any atom is -0.370 e. The first-order valence-electron chi connectivity index (χ1n) is 11.1. The molecule has 2 amide bonds. The molecule has 4 rings (SSSR count). The van der Waals surface area contributed by atoms with Gasteiger partial charge >= 0.3 is 12.4 Å². The molecule has 37 heavy (non-hydrogen) atoms.